The van der Waals surface area contributed by atoms with Crippen LogP contribution in [-0.4, -0.2) is 16.7 Å². The fourth-order valence-electron chi connectivity index (χ4n) is 2.47. The SMILES string of the molecule is CC(=O)c1csc(NC(=O)c2cc3c(s2)CCC(C)C3)n1. The maximum Gasteiger partial charge on any atom is 0.267 e. The van der Waals surface area contributed by atoms with Crippen molar-refractivity contribution < 1.29 is 9.59 Å². The van der Waals surface area contributed by atoms with Crippen molar-refractivity contribution in [1.29, 1.82) is 0 Å². The van der Waals surface area contributed by atoms with E-state index in [2.05, 4.69) is 17.2 Å². The number of amides is 1. The van der Waals surface area contributed by atoms with Crippen molar-refractivity contribution in [1.82, 2.24) is 4.98 Å². The summed E-state index contributed by atoms with van der Waals surface area (Å²) in [4.78, 5) is 29.7. The van der Waals surface area contributed by atoms with Crippen LogP contribution in [0.3, 0.4) is 0 Å². The minimum Gasteiger partial charge on any atom is -0.297 e. The van der Waals surface area contributed by atoms with Gasteiger partial charge in [0.05, 0.1) is 4.88 Å². The van der Waals surface area contributed by atoms with Crippen LogP contribution in [0.5, 0.6) is 0 Å². The summed E-state index contributed by atoms with van der Waals surface area (Å²) >= 11 is 2.85. The van der Waals surface area contributed by atoms with Crippen LogP contribution in [0.25, 0.3) is 0 Å². The van der Waals surface area contributed by atoms with Gasteiger partial charge in [0.2, 0.25) is 0 Å². The second-order valence-electron chi connectivity index (χ2n) is 5.46. The van der Waals surface area contributed by atoms with Gasteiger partial charge in [0.25, 0.3) is 5.91 Å². The summed E-state index contributed by atoms with van der Waals surface area (Å²) in [6, 6.07) is 2.00. The van der Waals surface area contributed by atoms with Gasteiger partial charge in [0.15, 0.2) is 10.9 Å². The van der Waals surface area contributed by atoms with Crippen molar-refractivity contribution >= 4 is 39.5 Å². The number of thiophene rings is 1. The molecule has 1 aliphatic rings. The van der Waals surface area contributed by atoms with Crippen LogP contribution in [-0.2, 0) is 12.8 Å². The topological polar surface area (TPSA) is 59.1 Å². The average molecular weight is 320 g/mol. The van der Waals surface area contributed by atoms with E-state index in [4.69, 9.17) is 0 Å². The van der Waals surface area contributed by atoms with Gasteiger partial charge in [-0.05, 0) is 36.8 Å². The highest BCUT2D eigenvalue weighted by atomic mass is 32.1. The first-order valence-electron chi connectivity index (χ1n) is 6.92. The second kappa shape index (κ2) is 5.69. The Labute approximate surface area is 131 Å². The molecule has 0 bridgehead atoms. The maximum atomic E-state index is 12.3. The predicted octanol–water partition coefficient (Wildman–Crippen LogP) is 3.78. The van der Waals surface area contributed by atoms with Crippen molar-refractivity contribution in [2.75, 3.05) is 5.32 Å². The Morgan fingerprint density at radius 2 is 2.24 bits per heavy atom. The van der Waals surface area contributed by atoms with Crippen molar-refractivity contribution in [2.45, 2.75) is 33.1 Å². The Kier molecular flexibility index (Phi) is 3.91. The molecular formula is C15H16N2O2S2. The first-order valence-corrected chi connectivity index (χ1v) is 8.62. The van der Waals surface area contributed by atoms with Crippen LogP contribution in [0.4, 0.5) is 5.13 Å². The summed E-state index contributed by atoms with van der Waals surface area (Å²) in [5.74, 6) is 0.471. The van der Waals surface area contributed by atoms with Gasteiger partial charge in [0, 0.05) is 17.2 Å². The van der Waals surface area contributed by atoms with Gasteiger partial charge in [-0.25, -0.2) is 4.98 Å². The molecule has 4 nitrogen and oxygen atoms in total. The molecule has 21 heavy (non-hydrogen) atoms. The van der Waals surface area contributed by atoms with Gasteiger partial charge < -0.3 is 0 Å². The van der Waals surface area contributed by atoms with Gasteiger partial charge in [-0.15, -0.1) is 22.7 Å². The van der Waals surface area contributed by atoms with E-state index in [1.54, 1.807) is 16.7 Å². The zero-order valence-electron chi connectivity index (χ0n) is 11.9. The molecule has 0 spiro atoms. The van der Waals surface area contributed by atoms with Crippen molar-refractivity contribution in [3.05, 3.63) is 32.5 Å². The van der Waals surface area contributed by atoms with E-state index in [0.29, 0.717) is 16.7 Å². The van der Waals surface area contributed by atoms with Gasteiger partial charge in [-0.3, -0.25) is 14.9 Å². The largest absolute Gasteiger partial charge is 0.297 e. The minimum absolute atomic E-state index is 0.0904. The molecule has 1 amide bonds. The Bertz CT molecular complexity index is 702. The molecule has 0 saturated heterocycles. The lowest BCUT2D eigenvalue weighted by Gasteiger charge is -2.16. The molecule has 110 valence electrons. The monoisotopic (exact) mass is 320 g/mol. The second-order valence-corrected chi connectivity index (χ2v) is 7.45. The lowest BCUT2D eigenvalue weighted by atomic mass is 9.90. The minimum atomic E-state index is -0.133. The van der Waals surface area contributed by atoms with E-state index >= 15 is 0 Å². The molecule has 1 atom stereocenters. The quantitative estimate of drug-likeness (QED) is 0.875. The first kappa shape index (κ1) is 14.4. The number of nitrogens with one attached hydrogen (secondary N) is 1. The molecule has 1 N–H and O–H groups in total. The third kappa shape index (κ3) is 3.06. The molecule has 2 heterocycles. The highest BCUT2D eigenvalue weighted by Crippen LogP contribution is 2.32. The Morgan fingerprint density at radius 3 is 2.95 bits per heavy atom. The number of hydrogen-bond acceptors (Lipinski definition) is 5. The molecule has 0 saturated carbocycles. The van der Waals surface area contributed by atoms with Crippen LogP contribution in [0, 0.1) is 5.92 Å². The third-order valence-electron chi connectivity index (χ3n) is 3.64. The third-order valence-corrected chi connectivity index (χ3v) is 5.63. The molecule has 6 heteroatoms. The van der Waals surface area contributed by atoms with Gasteiger partial charge >= 0.3 is 0 Å². The van der Waals surface area contributed by atoms with Crippen LogP contribution in [0.1, 0.15) is 50.9 Å². The number of nitrogens with zero attached hydrogens (tertiary/aromatic N) is 1. The molecule has 1 aliphatic carbocycles. The predicted molar refractivity (Wildman–Crippen MR) is 85.6 cm³/mol. The number of thiazole rings is 1. The molecule has 0 fully saturated rings. The number of rotatable bonds is 3. The summed E-state index contributed by atoms with van der Waals surface area (Å²) in [7, 11) is 0. The van der Waals surface area contributed by atoms with Crippen LogP contribution in [0.15, 0.2) is 11.4 Å². The van der Waals surface area contributed by atoms with E-state index in [1.807, 2.05) is 6.07 Å². The van der Waals surface area contributed by atoms with Crippen molar-refractivity contribution in [3.63, 3.8) is 0 Å². The zero-order valence-corrected chi connectivity index (χ0v) is 13.6. The number of Topliss-reactive ketones (excluding diaryl/α,β-unsaturated/α-hetero) is 1. The molecule has 2 aromatic heterocycles. The van der Waals surface area contributed by atoms with Crippen molar-refractivity contribution in [2.24, 2.45) is 5.92 Å². The molecule has 0 aromatic carbocycles. The maximum absolute atomic E-state index is 12.3. The normalized spacial score (nSPS) is 17.3. The Morgan fingerprint density at radius 1 is 1.43 bits per heavy atom. The molecule has 2 aromatic rings. The van der Waals surface area contributed by atoms with Crippen LogP contribution in [0.2, 0.25) is 0 Å². The van der Waals surface area contributed by atoms with E-state index in [-0.39, 0.29) is 11.7 Å². The number of hydrogen-bond donors (Lipinski definition) is 1. The number of carbonyl (C=O) groups is 2. The number of aryl methyl sites for hydroxylation is 1. The number of anilines is 1. The molecule has 0 radical (unpaired) electrons. The van der Waals surface area contributed by atoms with Crippen LogP contribution >= 0.6 is 22.7 Å². The fourth-order valence-corrected chi connectivity index (χ4v) is 4.32. The number of aromatic nitrogens is 1. The first-order chi connectivity index (χ1) is 10.0. The smallest absolute Gasteiger partial charge is 0.267 e. The van der Waals surface area contributed by atoms with Gasteiger partial charge in [0.1, 0.15) is 5.69 Å². The summed E-state index contributed by atoms with van der Waals surface area (Å²) in [5, 5.41) is 4.92. The fraction of sp³-hybridized carbons (Fsp3) is 0.400. The van der Waals surface area contributed by atoms with Gasteiger partial charge in [-0.2, -0.15) is 0 Å². The number of ketones is 1. The summed E-state index contributed by atoms with van der Waals surface area (Å²) in [6.45, 7) is 3.72. The molecule has 1 unspecified atom stereocenters. The van der Waals surface area contributed by atoms with Gasteiger partial charge in [-0.1, -0.05) is 6.92 Å². The average Bonchev–Trinajstić information content (AvgIpc) is 3.04. The van der Waals surface area contributed by atoms with Crippen LogP contribution < -0.4 is 5.32 Å². The lowest BCUT2D eigenvalue weighted by Crippen LogP contribution is -2.10. The van der Waals surface area contributed by atoms with E-state index in [0.717, 1.165) is 17.7 Å². The number of carbonyl (C=O) groups excluding carboxylic acids is 2. The van der Waals surface area contributed by atoms with Crippen molar-refractivity contribution in [3.8, 4) is 0 Å². The van der Waals surface area contributed by atoms with E-state index in [1.165, 1.54) is 35.1 Å². The Balaban J connectivity index is 1.74. The molecule has 3 rings (SSSR count). The summed E-state index contributed by atoms with van der Waals surface area (Å²) < 4.78 is 0. The lowest BCUT2D eigenvalue weighted by molar-refractivity contribution is 0.100. The molecule has 0 aliphatic heterocycles. The summed E-state index contributed by atoms with van der Waals surface area (Å²) in [5.41, 5.74) is 1.71. The Hall–Kier alpha value is -1.53. The zero-order chi connectivity index (χ0) is 15.0. The van der Waals surface area contributed by atoms with E-state index in [9.17, 15) is 9.59 Å². The van der Waals surface area contributed by atoms with E-state index < -0.39 is 0 Å². The molecular weight excluding hydrogens is 304 g/mol. The highest BCUT2D eigenvalue weighted by molar-refractivity contribution is 7.15. The standard InChI is InChI=1S/C15H16N2O2S2/c1-8-3-4-12-10(5-8)6-13(21-12)14(19)17-15-16-11(7-20-15)9(2)18/h6-8H,3-5H2,1-2H3,(H,16,17,19). The highest BCUT2D eigenvalue weighted by Gasteiger charge is 2.21. The number of fused-ring (bicyclic) bond motifs is 1. The summed E-state index contributed by atoms with van der Waals surface area (Å²) in [6.07, 6.45) is 3.33.